The standard InChI is InChI=1S/C21H25N/c1-5-8-13-18(12-7-3)22-17(4)19(14-9-6-2)20-15-10-11-16-21(20)22/h5-13,15-16H,14H2,1-4H3/b8-5-,9-6-,12-7-,18-13+. The fourth-order valence-electron chi connectivity index (χ4n) is 2.83. The van der Waals surface area contributed by atoms with Crippen molar-refractivity contribution in [2.75, 3.05) is 0 Å². The smallest absolute Gasteiger partial charge is 0.0534 e. The molecule has 0 unspecified atom stereocenters. The lowest BCUT2D eigenvalue weighted by Gasteiger charge is -2.09. The van der Waals surface area contributed by atoms with Crippen LogP contribution in [0.2, 0.25) is 0 Å². The van der Waals surface area contributed by atoms with Crippen LogP contribution in [0.5, 0.6) is 0 Å². The van der Waals surface area contributed by atoms with Gasteiger partial charge in [0.1, 0.15) is 0 Å². The van der Waals surface area contributed by atoms with Crippen molar-refractivity contribution in [3.8, 4) is 0 Å². The van der Waals surface area contributed by atoms with Gasteiger partial charge in [0.15, 0.2) is 0 Å². The first-order valence-electron chi connectivity index (χ1n) is 7.90. The van der Waals surface area contributed by atoms with Crippen LogP contribution in [0.4, 0.5) is 0 Å². The van der Waals surface area contributed by atoms with Gasteiger partial charge in [-0.25, -0.2) is 0 Å². The van der Waals surface area contributed by atoms with Gasteiger partial charge in [-0.2, -0.15) is 0 Å². The van der Waals surface area contributed by atoms with Crippen molar-refractivity contribution in [2.45, 2.75) is 34.1 Å². The largest absolute Gasteiger partial charge is 0.314 e. The van der Waals surface area contributed by atoms with E-state index < -0.39 is 0 Å². The molecule has 0 aliphatic carbocycles. The molecule has 1 aromatic heterocycles. The highest BCUT2D eigenvalue weighted by Crippen LogP contribution is 2.30. The molecule has 2 rings (SSSR count). The second kappa shape index (κ2) is 7.65. The third-order valence-electron chi connectivity index (χ3n) is 3.85. The van der Waals surface area contributed by atoms with Crippen LogP contribution in [0.15, 0.2) is 66.8 Å². The van der Waals surface area contributed by atoms with Gasteiger partial charge in [0.05, 0.1) is 5.52 Å². The normalized spacial score (nSPS) is 13.4. The zero-order valence-electron chi connectivity index (χ0n) is 14.0. The van der Waals surface area contributed by atoms with Crippen LogP contribution in [0, 0.1) is 6.92 Å². The molecule has 1 heterocycles. The molecular formula is C21H25N. The van der Waals surface area contributed by atoms with Gasteiger partial charge in [-0.15, -0.1) is 0 Å². The van der Waals surface area contributed by atoms with E-state index in [-0.39, 0.29) is 0 Å². The van der Waals surface area contributed by atoms with E-state index in [2.05, 4.69) is 92.1 Å². The van der Waals surface area contributed by atoms with Gasteiger partial charge in [-0.3, -0.25) is 0 Å². The summed E-state index contributed by atoms with van der Waals surface area (Å²) in [5.41, 5.74) is 5.19. The lowest BCUT2D eigenvalue weighted by atomic mass is 10.1. The third kappa shape index (κ3) is 3.14. The SMILES string of the molecule is C\C=C/C=C(\C=C/C)n1c(C)c(C/C=C\C)c2ccccc21. The fraction of sp³-hybridized carbons (Fsp3) is 0.238. The molecule has 1 nitrogen and oxygen atoms in total. The van der Waals surface area contributed by atoms with Crippen LogP contribution in [-0.2, 0) is 6.42 Å². The molecule has 114 valence electrons. The molecule has 0 bridgehead atoms. The van der Waals surface area contributed by atoms with E-state index in [1.165, 1.54) is 27.9 Å². The molecule has 0 saturated heterocycles. The number of fused-ring (bicyclic) bond motifs is 1. The highest BCUT2D eigenvalue weighted by Gasteiger charge is 2.13. The minimum atomic E-state index is 0.975. The molecule has 1 heteroatoms. The summed E-state index contributed by atoms with van der Waals surface area (Å²) in [7, 11) is 0. The van der Waals surface area contributed by atoms with Gasteiger partial charge >= 0.3 is 0 Å². The molecule has 0 fully saturated rings. The Balaban J connectivity index is 2.74. The average Bonchev–Trinajstić information content (AvgIpc) is 2.81. The van der Waals surface area contributed by atoms with E-state index in [9.17, 15) is 0 Å². The van der Waals surface area contributed by atoms with Gasteiger partial charge in [0.25, 0.3) is 0 Å². The topological polar surface area (TPSA) is 4.93 Å². The number of allylic oxidation sites excluding steroid dienone is 8. The molecule has 0 amide bonds. The van der Waals surface area contributed by atoms with Crippen molar-refractivity contribution in [3.05, 3.63) is 78.1 Å². The number of nitrogens with zero attached hydrogens (tertiary/aromatic N) is 1. The first kappa shape index (κ1) is 16.1. The first-order valence-corrected chi connectivity index (χ1v) is 7.90. The van der Waals surface area contributed by atoms with E-state index in [0.717, 1.165) is 6.42 Å². The van der Waals surface area contributed by atoms with E-state index in [0.29, 0.717) is 0 Å². The lowest BCUT2D eigenvalue weighted by molar-refractivity contribution is 1.06. The van der Waals surface area contributed by atoms with E-state index in [1.54, 1.807) is 0 Å². The molecular weight excluding hydrogens is 266 g/mol. The third-order valence-corrected chi connectivity index (χ3v) is 3.85. The predicted molar refractivity (Wildman–Crippen MR) is 99.1 cm³/mol. The Morgan fingerprint density at radius 3 is 2.50 bits per heavy atom. The summed E-state index contributed by atoms with van der Waals surface area (Å²) < 4.78 is 2.36. The van der Waals surface area contributed by atoms with Crippen molar-refractivity contribution in [1.29, 1.82) is 0 Å². The molecule has 0 atom stereocenters. The summed E-state index contributed by atoms with van der Waals surface area (Å²) in [6, 6.07) is 8.66. The van der Waals surface area contributed by atoms with Crippen molar-refractivity contribution in [3.63, 3.8) is 0 Å². The molecule has 0 radical (unpaired) electrons. The second-order valence-electron chi connectivity index (χ2n) is 5.31. The zero-order valence-corrected chi connectivity index (χ0v) is 14.0. The van der Waals surface area contributed by atoms with Gasteiger partial charge in [0, 0.05) is 16.8 Å². The summed E-state index contributed by atoms with van der Waals surface area (Å²) in [4.78, 5) is 0. The number of hydrogen-bond acceptors (Lipinski definition) is 0. The number of hydrogen-bond donors (Lipinski definition) is 0. The minimum Gasteiger partial charge on any atom is -0.314 e. The summed E-state index contributed by atoms with van der Waals surface area (Å²) in [5, 5.41) is 1.34. The fourth-order valence-corrected chi connectivity index (χ4v) is 2.83. The number of benzene rings is 1. The van der Waals surface area contributed by atoms with Crippen molar-refractivity contribution in [1.82, 2.24) is 4.57 Å². The van der Waals surface area contributed by atoms with Crippen LogP contribution in [0.25, 0.3) is 16.6 Å². The molecule has 0 spiro atoms. The number of aromatic nitrogens is 1. The van der Waals surface area contributed by atoms with E-state index >= 15 is 0 Å². The maximum absolute atomic E-state index is 2.36. The Kier molecular flexibility index (Phi) is 5.60. The average molecular weight is 291 g/mol. The molecule has 0 aliphatic heterocycles. The molecule has 0 saturated carbocycles. The quantitative estimate of drug-likeness (QED) is 0.466. The highest BCUT2D eigenvalue weighted by atomic mass is 15.0. The maximum atomic E-state index is 2.36. The van der Waals surface area contributed by atoms with Crippen molar-refractivity contribution in [2.24, 2.45) is 0 Å². The molecule has 0 aliphatic rings. The van der Waals surface area contributed by atoms with Gasteiger partial charge in [0.2, 0.25) is 0 Å². The Hall–Kier alpha value is -2.28. The van der Waals surface area contributed by atoms with Crippen molar-refractivity contribution < 1.29 is 0 Å². The van der Waals surface area contributed by atoms with Gasteiger partial charge in [-0.1, -0.05) is 48.6 Å². The Morgan fingerprint density at radius 1 is 1.05 bits per heavy atom. The van der Waals surface area contributed by atoms with Crippen LogP contribution < -0.4 is 0 Å². The van der Waals surface area contributed by atoms with Gasteiger partial charge < -0.3 is 4.57 Å². The Morgan fingerprint density at radius 2 is 1.82 bits per heavy atom. The first-order chi connectivity index (χ1) is 10.7. The van der Waals surface area contributed by atoms with Gasteiger partial charge in [-0.05, 0) is 57.9 Å². The van der Waals surface area contributed by atoms with Crippen molar-refractivity contribution >= 4 is 16.6 Å². The van der Waals surface area contributed by atoms with E-state index in [4.69, 9.17) is 0 Å². The Bertz CT molecular complexity index is 752. The van der Waals surface area contributed by atoms with Crippen LogP contribution in [0.3, 0.4) is 0 Å². The summed E-state index contributed by atoms with van der Waals surface area (Å²) in [6.45, 7) is 8.39. The minimum absolute atomic E-state index is 0.975. The number of para-hydroxylation sites is 1. The summed E-state index contributed by atoms with van der Waals surface area (Å²) in [5.74, 6) is 0. The molecule has 1 aromatic carbocycles. The van der Waals surface area contributed by atoms with Crippen LogP contribution in [0.1, 0.15) is 32.0 Å². The molecule has 22 heavy (non-hydrogen) atoms. The van der Waals surface area contributed by atoms with Crippen LogP contribution >= 0.6 is 0 Å². The monoisotopic (exact) mass is 291 g/mol. The van der Waals surface area contributed by atoms with Crippen LogP contribution in [-0.4, -0.2) is 4.57 Å². The maximum Gasteiger partial charge on any atom is 0.0534 e. The Labute approximate surface area is 134 Å². The highest BCUT2D eigenvalue weighted by molar-refractivity contribution is 5.90. The zero-order chi connectivity index (χ0) is 15.9. The molecule has 2 aromatic rings. The lowest BCUT2D eigenvalue weighted by Crippen LogP contribution is -1.98. The van der Waals surface area contributed by atoms with E-state index in [1.807, 2.05) is 6.92 Å². The summed E-state index contributed by atoms with van der Waals surface area (Å²) in [6.07, 6.45) is 15.9. The predicted octanol–water partition coefficient (Wildman–Crippen LogP) is 6.06. The number of rotatable bonds is 5. The summed E-state index contributed by atoms with van der Waals surface area (Å²) >= 11 is 0. The second-order valence-corrected chi connectivity index (χ2v) is 5.31. The molecule has 0 N–H and O–H groups in total.